The Balaban J connectivity index is 2.59. The van der Waals surface area contributed by atoms with Crippen LogP contribution in [0, 0.1) is 5.41 Å². The van der Waals surface area contributed by atoms with Crippen molar-refractivity contribution in [1.82, 2.24) is 0 Å². The smallest absolute Gasteiger partial charge is 0.122 e. The van der Waals surface area contributed by atoms with Crippen LogP contribution >= 0.6 is 12.6 Å². The molecule has 0 fully saturated rings. The summed E-state index contributed by atoms with van der Waals surface area (Å²) in [6.45, 7) is 0.644. The number of amidine groups is 1. The number of hydrogen-bond donors (Lipinski definition) is 3. The monoisotopic (exact) mass is 210 g/mol. The number of hydrogen-bond acceptors (Lipinski definition) is 3. The predicted octanol–water partition coefficient (Wildman–Crippen LogP) is 1.67. The highest BCUT2D eigenvalue weighted by Gasteiger charge is 1.98. The molecule has 3 nitrogen and oxygen atoms in total. The summed E-state index contributed by atoms with van der Waals surface area (Å²) in [7, 11) is 0. The summed E-state index contributed by atoms with van der Waals surface area (Å²) in [5.74, 6) is 1.62. The van der Waals surface area contributed by atoms with E-state index in [1.165, 1.54) is 0 Å². The van der Waals surface area contributed by atoms with Crippen LogP contribution in [-0.4, -0.2) is 18.2 Å². The fraction of sp³-hybridized carbons (Fsp3) is 0.300. The van der Waals surface area contributed by atoms with Crippen molar-refractivity contribution in [3.05, 3.63) is 29.8 Å². The van der Waals surface area contributed by atoms with Crippen molar-refractivity contribution < 1.29 is 4.74 Å². The third-order valence-electron chi connectivity index (χ3n) is 1.72. The maximum atomic E-state index is 7.26. The molecule has 0 aliphatic heterocycles. The van der Waals surface area contributed by atoms with Crippen LogP contribution in [0.5, 0.6) is 5.75 Å². The lowest BCUT2D eigenvalue weighted by molar-refractivity contribution is 0.319. The van der Waals surface area contributed by atoms with Gasteiger partial charge in [-0.05, 0) is 24.3 Å². The predicted molar refractivity (Wildman–Crippen MR) is 61.4 cm³/mol. The second kappa shape index (κ2) is 5.54. The number of ether oxygens (including phenoxy) is 1. The van der Waals surface area contributed by atoms with Crippen LogP contribution in [0.1, 0.15) is 12.0 Å². The van der Waals surface area contributed by atoms with Gasteiger partial charge in [0.2, 0.25) is 0 Å². The first kappa shape index (κ1) is 10.9. The van der Waals surface area contributed by atoms with Crippen molar-refractivity contribution >= 4 is 18.5 Å². The van der Waals surface area contributed by atoms with Crippen molar-refractivity contribution in [3.63, 3.8) is 0 Å². The van der Waals surface area contributed by atoms with Gasteiger partial charge in [0.15, 0.2) is 0 Å². The third-order valence-corrected chi connectivity index (χ3v) is 2.03. The second-order valence-electron chi connectivity index (χ2n) is 2.87. The van der Waals surface area contributed by atoms with E-state index in [0.717, 1.165) is 17.9 Å². The number of nitrogens with two attached hydrogens (primary N) is 1. The van der Waals surface area contributed by atoms with E-state index in [2.05, 4.69) is 12.6 Å². The van der Waals surface area contributed by atoms with E-state index >= 15 is 0 Å². The minimum Gasteiger partial charge on any atom is -0.494 e. The lowest BCUT2D eigenvalue weighted by Crippen LogP contribution is -2.11. The van der Waals surface area contributed by atoms with E-state index in [1.54, 1.807) is 12.1 Å². The van der Waals surface area contributed by atoms with Gasteiger partial charge in [-0.1, -0.05) is 12.1 Å². The molecule has 0 bridgehead atoms. The zero-order chi connectivity index (χ0) is 10.4. The molecule has 76 valence electrons. The van der Waals surface area contributed by atoms with Crippen LogP contribution in [0.25, 0.3) is 0 Å². The van der Waals surface area contributed by atoms with Crippen LogP contribution in [0.3, 0.4) is 0 Å². The molecule has 3 N–H and O–H groups in total. The normalized spacial score (nSPS) is 9.79. The molecule has 0 aromatic heterocycles. The highest BCUT2D eigenvalue weighted by molar-refractivity contribution is 7.80. The average molecular weight is 210 g/mol. The Labute approximate surface area is 89.2 Å². The minimum absolute atomic E-state index is 0.0599. The molecule has 0 heterocycles. The first-order valence-corrected chi connectivity index (χ1v) is 5.05. The van der Waals surface area contributed by atoms with Crippen LogP contribution in [0.15, 0.2) is 24.3 Å². The van der Waals surface area contributed by atoms with E-state index in [0.29, 0.717) is 12.2 Å². The van der Waals surface area contributed by atoms with Gasteiger partial charge in [-0.2, -0.15) is 12.6 Å². The fourth-order valence-electron chi connectivity index (χ4n) is 1.01. The summed E-state index contributed by atoms with van der Waals surface area (Å²) in [6, 6.07) is 7.23. The van der Waals surface area contributed by atoms with Gasteiger partial charge < -0.3 is 10.5 Å². The molecule has 1 rings (SSSR count). The number of benzene rings is 1. The molecule has 14 heavy (non-hydrogen) atoms. The Morgan fingerprint density at radius 2 is 2.29 bits per heavy atom. The molecule has 4 heteroatoms. The Morgan fingerprint density at radius 1 is 1.50 bits per heavy atom. The first-order chi connectivity index (χ1) is 6.74. The molecule has 0 spiro atoms. The maximum absolute atomic E-state index is 7.26. The Morgan fingerprint density at radius 3 is 2.93 bits per heavy atom. The molecule has 0 saturated heterocycles. The van der Waals surface area contributed by atoms with Crippen LogP contribution in [0.2, 0.25) is 0 Å². The number of thiol groups is 1. The molecule has 0 aliphatic rings. The van der Waals surface area contributed by atoms with Gasteiger partial charge in [-0.15, -0.1) is 0 Å². The minimum atomic E-state index is 0.0599. The summed E-state index contributed by atoms with van der Waals surface area (Å²) < 4.78 is 5.44. The van der Waals surface area contributed by atoms with Crippen molar-refractivity contribution in [2.24, 2.45) is 5.73 Å². The SMILES string of the molecule is N=C(N)c1cccc(OCCCS)c1. The number of nitrogen functional groups attached to an aromatic ring is 1. The van der Waals surface area contributed by atoms with Crippen molar-refractivity contribution in [2.75, 3.05) is 12.4 Å². The first-order valence-electron chi connectivity index (χ1n) is 4.42. The molecule has 0 radical (unpaired) electrons. The molecular weight excluding hydrogens is 196 g/mol. The summed E-state index contributed by atoms with van der Waals surface area (Å²) in [6.07, 6.45) is 0.910. The molecule has 1 aromatic rings. The summed E-state index contributed by atoms with van der Waals surface area (Å²) in [5.41, 5.74) is 6.04. The number of rotatable bonds is 5. The van der Waals surface area contributed by atoms with Gasteiger partial charge in [-0.3, -0.25) is 5.41 Å². The van der Waals surface area contributed by atoms with Gasteiger partial charge >= 0.3 is 0 Å². The molecule has 0 unspecified atom stereocenters. The molecule has 1 aromatic carbocycles. The molecule has 0 saturated carbocycles. The van der Waals surface area contributed by atoms with Crippen LogP contribution in [0.4, 0.5) is 0 Å². The second-order valence-corrected chi connectivity index (χ2v) is 3.31. The Bertz CT molecular complexity index is 315. The summed E-state index contributed by atoms with van der Waals surface area (Å²) >= 11 is 4.09. The maximum Gasteiger partial charge on any atom is 0.122 e. The molecular formula is C10H14N2OS. The lowest BCUT2D eigenvalue weighted by Gasteiger charge is -2.06. The largest absolute Gasteiger partial charge is 0.494 e. The zero-order valence-electron chi connectivity index (χ0n) is 7.86. The van der Waals surface area contributed by atoms with Gasteiger partial charge in [0.25, 0.3) is 0 Å². The lowest BCUT2D eigenvalue weighted by atomic mass is 10.2. The summed E-state index contributed by atoms with van der Waals surface area (Å²) in [4.78, 5) is 0. The van der Waals surface area contributed by atoms with E-state index in [4.69, 9.17) is 15.9 Å². The van der Waals surface area contributed by atoms with Crippen molar-refractivity contribution in [3.8, 4) is 5.75 Å². The third kappa shape index (κ3) is 3.30. The van der Waals surface area contributed by atoms with E-state index in [-0.39, 0.29) is 5.84 Å². The van der Waals surface area contributed by atoms with Gasteiger partial charge in [0, 0.05) is 5.56 Å². The molecule has 0 atom stereocenters. The fourth-order valence-corrected chi connectivity index (χ4v) is 1.14. The highest BCUT2D eigenvalue weighted by atomic mass is 32.1. The Hall–Kier alpha value is -1.16. The quantitative estimate of drug-likeness (QED) is 0.300. The molecule has 0 aliphatic carbocycles. The van der Waals surface area contributed by atoms with Crippen molar-refractivity contribution in [2.45, 2.75) is 6.42 Å². The van der Waals surface area contributed by atoms with Crippen LogP contribution in [-0.2, 0) is 0 Å². The van der Waals surface area contributed by atoms with Crippen molar-refractivity contribution in [1.29, 1.82) is 5.41 Å². The number of nitrogens with one attached hydrogen (secondary N) is 1. The standard InChI is InChI=1S/C10H14N2OS/c11-10(12)8-3-1-4-9(7-8)13-5-2-6-14/h1,3-4,7,14H,2,5-6H2,(H3,11,12). The highest BCUT2D eigenvalue weighted by Crippen LogP contribution is 2.12. The van der Waals surface area contributed by atoms with Gasteiger partial charge in [0.05, 0.1) is 6.61 Å². The van der Waals surface area contributed by atoms with E-state index in [1.807, 2.05) is 12.1 Å². The average Bonchev–Trinajstić information content (AvgIpc) is 2.19. The van der Waals surface area contributed by atoms with Gasteiger partial charge in [0.1, 0.15) is 11.6 Å². The summed E-state index contributed by atoms with van der Waals surface area (Å²) in [5, 5.41) is 7.26. The Kier molecular flexibility index (Phi) is 4.32. The zero-order valence-corrected chi connectivity index (χ0v) is 8.76. The van der Waals surface area contributed by atoms with E-state index < -0.39 is 0 Å². The van der Waals surface area contributed by atoms with Crippen LogP contribution < -0.4 is 10.5 Å². The van der Waals surface area contributed by atoms with E-state index in [9.17, 15) is 0 Å². The van der Waals surface area contributed by atoms with Gasteiger partial charge in [-0.25, -0.2) is 0 Å². The topological polar surface area (TPSA) is 59.1 Å². The molecule has 0 amide bonds.